The molecule has 1 aromatic rings. The summed E-state index contributed by atoms with van der Waals surface area (Å²) in [5, 5.41) is 0. The van der Waals surface area contributed by atoms with Gasteiger partial charge in [0.15, 0.2) is 0 Å². The summed E-state index contributed by atoms with van der Waals surface area (Å²) in [6, 6.07) is 9.82. The van der Waals surface area contributed by atoms with E-state index in [4.69, 9.17) is 5.73 Å². The van der Waals surface area contributed by atoms with Crippen molar-refractivity contribution in [3.63, 3.8) is 0 Å². The van der Waals surface area contributed by atoms with Crippen molar-refractivity contribution in [3.05, 3.63) is 35.4 Å². The summed E-state index contributed by atoms with van der Waals surface area (Å²) in [6.45, 7) is 10.5. The molecule has 0 aromatic heterocycles. The molecule has 2 unspecified atom stereocenters. The first-order chi connectivity index (χ1) is 9.63. The Balaban J connectivity index is 1.62. The molecule has 3 heterocycles. The van der Waals surface area contributed by atoms with Gasteiger partial charge >= 0.3 is 0 Å². The zero-order chi connectivity index (χ0) is 14.1. The highest BCUT2D eigenvalue weighted by Crippen LogP contribution is 2.20. The van der Waals surface area contributed by atoms with E-state index in [-0.39, 0.29) is 6.04 Å². The van der Waals surface area contributed by atoms with E-state index >= 15 is 0 Å². The van der Waals surface area contributed by atoms with Crippen LogP contribution in [0.25, 0.3) is 0 Å². The molecular formula is C17H27N3. The van der Waals surface area contributed by atoms with Crippen LogP contribution in [0.3, 0.4) is 0 Å². The molecule has 110 valence electrons. The van der Waals surface area contributed by atoms with E-state index in [9.17, 15) is 0 Å². The highest BCUT2D eigenvalue weighted by molar-refractivity contribution is 5.25. The molecule has 4 rings (SSSR count). The lowest BCUT2D eigenvalue weighted by Gasteiger charge is -2.49. The van der Waals surface area contributed by atoms with Crippen LogP contribution in [0.4, 0.5) is 0 Å². The van der Waals surface area contributed by atoms with Gasteiger partial charge in [-0.3, -0.25) is 9.80 Å². The molecule has 3 aliphatic rings. The Labute approximate surface area is 122 Å². The Bertz CT molecular complexity index is 432. The van der Waals surface area contributed by atoms with Gasteiger partial charge in [-0.25, -0.2) is 0 Å². The average molecular weight is 273 g/mol. The number of fused-ring (bicyclic) bond motifs is 3. The molecule has 0 aliphatic carbocycles. The molecule has 0 radical (unpaired) electrons. The third-order valence-electron chi connectivity index (χ3n) is 4.93. The monoisotopic (exact) mass is 273 g/mol. The maximum absolute atomic E-state index is 6.50. The van der Waals surface area contributed by atoms with E-state index in [0.717, 1.165) is 13.0 Å². The van der Waals surface area contributed by atoms with Gasteiger partial charge in [0.05, 0.1) is 0 Å². The maximum atomic E-state index is 6.50. The lowest BCUT2D eigenvalue weighted by atomic mass is 9.94. The fourth-order valence-corrected chi connectivity index (χ4v) is 3.51. The zero-order valence-electron chi connectivity index (χ0n) is 12.8. The molecule has 2 atom stereocenters. The van der Waals surface area contributed by atoms with E-state index in [1.165, 1.54) is 37.3 Å². The number of benzene rings is 1. The van der Waals surface area contributed by atoms with Crippen LogP contribution in [0, 0.1) is 0 Å². The third kappa shape index (κ3) is 2.90. The summed E-state index contributed by atoms with van der Waals surface area (Å²) in [7, 11) is 0. The van der Waals surface area contributed by atoms with E-state index in [1.807, 2.05) is 0 Å². The predicted molar refractivity (Wildman–Crippen MR) is 84.0 cm³/mol. The quantitative estimate of drug-likeness (QED) is 0.906. The smallest absolute Gasteiger partial charge is 0.0378 e. The standard InChI is InChI=1S/C17H27N3/c1-13(2)15-5-3-14(4-6-15)11-16(18)17-12-19-7-9-20(17)10-8-19/h3-6,13,16-17H,7-12,18H2,1-2H3. The minimum Gasteiger partial charge on any atom is -0.326 e. The molecule has 0 saturated carbocycles. The predicted octanol–water partition coefficient (Wildman–Crippen LogP) is 1.68. The van der Waals surface area contributed by atoms with Gasteiger partial charge < -0.3 is 5.73 Å². The van der Waals surface area contributed by atoms with Crippen LogP contribution in [0.1, 0.15) is 30.9 Å². The topological polar surface area (TPSA) is 32.5 Å². The maximum Gasteiger partial charge on any atom is 0.0378 e. The lowest BCUT2D eigenvalue weighted by Crippen LogP contribution is -2.66. The number of nitrogens with zero attached hydrogens (tertiary/aromatic N) is 2. The highest BCUT2D eigenvalue weighted by Gasteiger charge is 2.35. The molecule has 2 bridgehead atoms. The molecule has 1 aromatic carbocycles. The molecule has 3 saturated heterocycles. The molecule has 0 amide bonds. The third-order valence-corrected chi connectivity index (χ3v) is 4.93. The van der Waals surface area contributed by atoms with Gasteiger partial charge in [0.25, 0.3) is 0 Å². The minimum atomic E-state index is 0.253. The Morgan fingerprint density at radius 3 is 2.25 bits per heavy atom. The summed E-state index contributed by atoms with van der Waals surface area (Å²) < 4.78 is 0. The SMILES string of the molecule is CC(C)c1ccc(CC(N)C2CN3CCN2CC3)cc1. The lowest BCUT2D eigenvalue weighted by molar-refractivity contribution is 0.00258. The average Bonchev–Trinajstić information content (AvgIpc) is 2.49. The van der Waals surface area contributed by atoms with E-state index in [1.54, 1.807) is 0 Å². The van der Waals surface area contributed by atoms with E-state index in [0.29, 0.717) is 12.0 Å². The number of rotatable bonds is 4. The second-order valence-corrected chi connectivity index (χ2v) is 6.67. The molecule has 3 aliphatic heterocycles. The van der Waals surface area contributed by atoms with Crippen LogP contribution in [0.5, 0.6) is 0 Å². The van der Waals surface area contributed by atoms with Gasteiger partial charge in [0, 0.05) is 44.8 Å². The molecule has 3 nitrogen and oxygen atoms in total. The Hall–Kier alpha value is -0.900. The Morgan fingerprint density at radius 1 is 1.10 bits per heavy atom. The summed E-state index contributed by atoms with van der Waals surface area (Å²) in [6.07, 6.45) is 0.993. The van der Waals surface area contributed by atoms with Crippen molar-refractivity contribution in [2.45, 2.75) is 38.3 Å². The second kappa shape index (κ2) is 5.84. The van der Waals surface area contributed by atoms with Crippen molar-refractivity contribution in [2.24, 2.45) is 5.73 Å². The van der Waals surface area contributed by atoms with Crippen LogP contribution in [0.15, 0.2) is 24.3 Å². The summed E-state index contributed by atoms with van der Waals surface area (Å²) in [5.41, 5.74) is 9.28. The van der Waals surface area contributed by atoms with Crippen LogP contribution in [-0.2, 0) is 6.42 Å². The van der Waals surface area contributed by atoms with Gasteiger partial charge in [-0.2, -0.15) is 0 Å². The fourth-order valence-electron chi connectivity index (χ4n) is 3.51. The van der Waals surface area contributed by atoms with Gasteiger partial charge in [-0.1, -0.05) is 38.1 Å². The van der Waals surface area contributed by atoms with Gasteiger partial charge in [-0.05, 0) is 23.5 Å². The van der Waals surface area contributed by atoms with Crippen molar-refractivity contribution < 1.29 is 0 Å². The van der Waals surface area contributed by atoms with Gasteiger partial charge in [0.2, 0.25) is 0 Å². The van der Waals surface area contributed by atoms with Crippen molar-refractivity contribution in [1.82, 2.24) is 9.80 Å². The van der Waals surface area contributed by atoms with Crippen LogP contribution >= 0.6 is 0 Å². The second-order valence-electron chi connectivity index (χ2n) is 6.67. The summed E-state index contributed by atoms with van der Waals surface area (Å²) in [4.78, 5) is 5.15. The number of nitrogens with two attached hydrogens (primary N) is 1. The molecule has 3 heteroatoms. The fraction of sp³-hybridized carbons (Fsp3) is 0.647. The van der Waals surface area contributed by atoms with Crippen molar-refractivity contribution in [2.75, 3.05) is 32.7 Å². The Kier molecular flexibility index (Phi) is 4.11. The van der Waals surface area contributed by atoms with E-state index < -0.39 is 0 Å². The van der Waals surface area contributed by atoms with Crippen molar-refractivity contribution in [1.29, 1.82) is 0 Å². The largest absolute Gasteiger partial charge is 0.326 e. The summed E-state index contributed by atoms with van der Waals surface area (Å²) >= 11 is 0. The van der Waals surface area contributed by atoms with Crippen LogP contribution < -0.4 is 5.73 Å². The van der Waals surface area contributed by atoms with Gasteiger partial charge in [-0.15, -0.1) is 0 Å². The van der Waals surface area contributed by atoms with Crippen molar-refractivity contribution >= 4 is 0 Å². The molecule has 2 N–H and O–H groups in total. The van der Waals surface area contributed by atoms with Crippen LogP contribution in [-0.4, -0.2) is 54.6 Å². The molecule has 20 heavy (non-hydrogen) atoms. The zero-order valence-corrected chi connectivity index (χ0v) is 12.8. The minimum absolute atomic E-state index is 0.253. The number of hydrogen-bond acceptors (Lipinski definition) is 3. The van der Waals surface area contributed by atoms with Gasteiger partial charge in [0.1, 0.15) is 0 Å². The van der Waals surface area contributed by atoms with Crippen LogP contribution in [0.2, 0.25) is 0 Å². The normalized spacial score (nSPS) is 30.7. The Morgan fingerprint density at radius 2 is 1.75 bits per heavy atom. The first kappa shape index (κ1) is 14.1. The highest BCUT2D eigenvalue weighted by atomic mass is 15.3. The van der Waals surface area contributed by atoms with Crippen molar-refractivity contribution in [3.8, 4) is 0 Å². The first-order valence-electron chi connectivity index (χ1n) is 7.94. The molecule has 0 spiro atoms. The number of piperazine rings is 3. The summed E-state index contributed by atoms with van der Waals surface area (Å²) in [5.74, 6) is 0.603. The number of hydrogen-bond donors (Lipinski definition) is 1. The molecule has 3 fully saturated rings. The molecular weight excluding hydrogens is 246 g/mol. The first-order valence-corrected chi connectivity index (χ1v) is 7.94. The van der Waals surface area contributed by atoms with E-state index in [2.05, 4.69) is 47.9 Å².